The van der Waals surface area contributed by atoms with Crippen LogP contribution in [0.25, 0.3) is 0 Å². The fourth-order valence-corrected chi connectivity index (χ4v) is 20.6. The molecule has 0 spiro atoms. The summed E-state index contributed by atoms with van der Waals surface area (Å²) in [6, 6.07) is 0. The van der Waals surface area contributed by atoms with Gasteiger partial charge in [0.05, 0.1) is 39.6 Å². The molecule has 0 heterocycles. The molecule has 121 heavy (non-hydrogen) atoms. The van der Waals surface area contributed by atoms with Crippen LogP contribution in [0.2, 0.25) is 0 Å². The minimum Gasteiger partial charge on any atom is -0.778 e. The van der Waals surface area contributed by atoms with E-state index in [0.717, 1.165) is 270 Å². The van der Waals surface area contributed by atoms with Crippen LogP contribution in [0.15, 0.2) is 0 Å². The third kappa shape index (κ3) is 82.0. The van der Waals surface area contributed by atoms with Crippen LogP contribution >= 0.6 is 45.6 Å². The Morgan fingerprint density at radius 3 is 0.372 bits per heavy atom. The van der Waals surface area contributed by atoms with Gasteiger partial charge in [0.1, 0.15) is 45.6 Å². The monoisotopic (exact) mass is 1930 g/mol. The quantitative estimate of drug-likeness (QED) is 0.0310. The standard InChI is InChI=1S/6C16H35O3P.Mo/c6*1-5-8-10-11-12-15(4)20(17,18)19-14-16(7-3)13-9-6-2;/h6*15-16H,5-14H2,1-4H3,(H,17,18);/p-6. The maximum absolute atomic E-state index is 12.1. The zero-order valence-electron chi connectivity index (χ0n) is 83.8. The van der Waals surface area contributed by atoms with Crippen molar-refractivity contribution in [2.45, 2.75) is 547 Å². The van der Waals surface area contributed by atoms with E-state index < -0.39 is 45.6 Å². The fraction of sp³-hybridized carbons (Fsp3) is 1.00. The van der Waals surface area contributed by atoms with Gasteiger partial charge in [-0.1, -0.05) is 436 Å². The van der Waals surface area contributed by atoms with Gasteiger partial charge < -0.3 is 83.9 Å². The van der Waals surface area contributed by atoms with E-state index >= 15 is 0 Å². The summed E-state index contributed by atoms with van der Waals surface area (Å²) in [6.07, 6.45) is 57.3. The number of rotatable bonds is 78. The second kappa shape index (κ2) is 90.7. The van der Waals surface area contributed by atoms with E-state index in [0.29, 0.717) is 75.1 Å². The van der Waals surface area contributed by atoms with Crippen molar-refractivity contribution in [2.24, 2.45) is 35.5 Å². The van der Waals surface area contributed by atoms with Gasteiger partial charge in [-0.3, -0.25) is 0 Å². The second-order valence-corrected chi connectivity index (χ2v) is 49.0. The molecule has 0 aliphatic rings. The number of hydrogen-bond donors (Lipinski definition) is 0. The van der Waals surface area contributed by atoms with Crippen LogP contribution < -0.4 is 29.4 Å². The van der Waals surface area contributed by atoms with Gasteiger partial charge in [-0.05, 0) is 113 Å². The van der Waals surface area contributed by atoms with Gasteiger partial charge in [0.2, 0.25) is 0 Å². The molecule has 0 aromatic rings. The molecule has 0 amide bonds. The van der Waals surface area contributed by atoms with Crippen LogP contribution in [-0.2, 0) is 75.6 Å². The summed E-state index contributed by atoms with van der Waals surface area (Å²) < 4.78 is 104. The van der Waals surface area contributed by atoms with Crippen molar-refractivity contribution >= 4 is 45.6 Å². The van der Waals surface area contributed by atoms with Gasteiger partial charge in [-0.15, -0.1) is 0 Å². The molecular formula is C96H204MoO18P6-6. The minimum atomic E-state index is -3.68. The predicted octanol–water partition coefficient (Wildman–Crippen LogP) is 30.8. The van der Waals surface area contributed by atoms with Gasteiger partial charge in [-0.25, -0.2) is 0 Å². The Kier molecular flexibility index (Phi) is 102. The van der Waals surface area contributed by atoms with Crippen LogP contribution in [0.4, 0.5) is 0 Å². The molecule has 0 fully saturated rings. The third-order valence-electron chi connectivity index (χ3n) is 24.3. The average molecular weight is 1930 g/mol. The first kappa shape index (κ1) is 136. The van der Waals surface area contributed by atoms with E-state index in [2.05, 4.69) is 125 Å². The van der Waals surface area contributed by atoms with E-state index in [9.17, 15) is 56.8 Å². The van der Waals surface area contributed by atoms with Crippen molar-refractivity contribution < 1.29 is 105 Å². The maximum atomic E-state index is 12.1. The SMILES string of the molecule is CCCCCCC(C)P(=O)([O-])OCC(CC)CCCC.CCCCCCC(C)P(=O)([O-])OCC(CC)CCCC.CCCCCCC(C)P(=O)([O-])OCC(CC)CCCC.CCCCCCC(C)P(=O)([O-])OCC(CC)CCCC.CCCCCCC(C)P(=O)([O-])OCC(CC)CCCC.CCCCCCC(C)P(=O)([O-])OCC(CC)CCCC.[Mo]. The summed E-state index contributed by atoms with van der Waals surface area (Å²) in [5.41, 5.74) is -2.07. The summed E-state index contributed by atoms with van der Waals surface area (Å²) in [4.78, 5) is 72.6. The summed E-state index contributed by atoms with van der Waals surface area (Å²) in [5, 5.41) is 0. The molecule has 0 aliphatic heterocycles. The van der Waals surface area contributed by atoms with Crippen molar-refractivity contribution in [2.75, 3.05) is 39.6 Å². The number of unbranched alkanes of at least 4 members (excludes halogenated alkanes) is 24. The fourth-order valence-electron chi connectivity index (χ4n) is 13.6. The molecule has 18 unspecified atom stereocenters. The Hall–Kier alpha value is 1.59. The Labute approximate surface area is 767 Å². The molecule has 18 atom stereocenters. The van der Waals surface area contributed by atoms with Gasteiger partial charge in [0.15, 0.2) is 0 Å². The van der Waals surface area contributed by atoms with Crippen molar-refractivity contribution in [3.63, 3.8) is 0 Å². The minimum absolute atomic E-state index is 0. The van der Waals surface area contributed by atoms with Crippen molar-refractivity contribution in [1.29, 1.82) is 0 Å². The molecule has 0 bridgehead atoms. The molecule has 0 aromatic heterocycles. The molecule has 0 saturated carbocycles. The van der Waals surface area contributed by atoms with Gasteiger partial charge in [0.25, 0.3) is 0 Å². The number of hydrogen-bond acceptors (Lipinski definition) is 18. The third-order valence-corrected chi connectivity index (χ3v) is 35.4. The first-order valence-electron chi connectivity index (χ1n) is 50.6. The molecular weight excluding hydrogens is 1720 g/mol. The van der Waals surface area contributed by atoms with Gasteiger partial charge in [0, 0.05) is 55.0 Å². The van der Waals surface area contributed by atoms with Crippen molar-refractivity contribution in [3.8, 4) is 0 Å². The van der Waals surface area contributed by atoms with E-state index in [-0.39, 0.29) is 55.0 Å². The van der Waals surface area contributed by atoms with Crippen LogP contribution in [-0.4, -0.2) is 73.6 Å². The Morgan fingerprint density at radius 2 is 0.281 bits per heavy atom. The zero-order chi connectivity index (χ0) is 92.6. The molecule has 0 aromatic carbocycles. The molecule has 0 saturated heterocycles. The summed E-state index contributed by atoms with van der Waals surface area (Å²) >= 11 is 0. The first-order valence-corrected chi connectivity index (χ1v) is 60.2. The molecule has 0 radical (unpaired) electrons. The largest absolute Gasteiger partial charge is 0.778 e. The van der Waals surface area contributed by atoms with Crippen LogP contribution in [0, 0.1) is 35.5 Å². The molecule has 738 valence electrons. The Balaban J connectivity index is -0.000000257. The maximum Gasteiger partial charge on any atom is 0.137 e. The van der Waals surface area contributed by atoms with E-state index in [1.807, 2.05) is 0 Å². The van der Waals surface area contributed by atoms with Crippen LogP contribution in [0.1, 0.15) is 513 Å². The smallest absolute Gasteiger partial charge is 0.137 e. The van der Waals surface area contributed by atoms with Crippen LogP contribution in [0.5, 0.6) is 0 Å². The van der Waals surface area contributed by atoms with Gasteiger partial charge in [-0.2, -0.15) is 0 Å². The topological polar surface area (TPSA) is 296 Å². The average Bonchev–Trinajstić information content (AvgIpc) is 0.914. The Morgan fingerprint density at radius 1 is 0.174 bits per heavy atom. The van der Waals surface area contributed by atoms with E-state index in [4.69, 9.17) is 27.1 Å². The molecule has 18 nitrogen and oxygen atoms in total. The second-order valence-electron chi connectivity index (χ2n) is 35.7. The molecule has 0 N–H and O–H groups in total. The van der Waals surface area contributed by atoms with E-state index in [1.165, 1.54) is 77.0 Å². The van der Waals surface area contributed by atoms with Gasteiger partial charge >= 0.3 is 0 Å². The molecule has 0 rings (SSSR count). The summed E-state index contributed by atoms with van der Waals surface area (Å²) in [7, 11) is -22.1. The van der Waals surface area contributed by atoms with Crippen molar-refractivity contribution in [1.82, 2.24) is 0 Å². The normalized spacial score (nSPS) is 17.5. The summed E-state index contributed by atoms with van der Waals surface area (Å²) in [5.74, 6) is 2.28. The van der Waals surface area contributed by atoms with E-state index in [1.54, 1.807) is 41.5 Å². The molecule has 0 aliphatic carbocycles. The summed E-state index contributed by atoms with van der Waals surface area (Å²) in [6.45, 7) is 51.5. The first-order chi connectivity index (χ1) is 56.8. The zero-order valence-corrected chi connectivity index (χ0v) is 91.2. The Bertz CT molecular complexity index is 2040. The van der Waals surface area contributed by atoms with Crippen molar-refractivity contribution in [3.05, 3.63) is 0 Å². The predicted molar refractivity (Wildman–Crippen MR) is 511 cm³/mol. The molecule has 25 heteroatoms. The van der Waals surface area contributed by atoms with Crippen LogP contribution in [0.3, 0.4) is 0 Å².